The third-order valence-corrected chi connectivity index (χ3v) is 5.21. The molecule has 1 heterocycles. The summed E-state index contributed by atoms with van der Waals surface area (Å²) in [6.07, 6.45) is -2.78. The minimum atomic E-state index is -0.822. The predicted octanol–water partition coefficient (Wildman–Crippen LogP) is 2.75. The fourth-order valence-corrected chi connectivity index (χ4v) is 3.68. The highest BCUT2D eigenvalue weighted by Gasteiger charge is 2.48. The first kappa shape index (κ1) is 22.3. The van der Waals surface area contributed by atoms with Gasteiger partial charge in [0, 0.05) is 14.2 Å². The zero-order chi connectivity index (χ0) is 21.5. The van der Waals surface area contributed by atoms with Gasteiger partial charge in [-0.1, -0.05) is 36.4 Å². The van der Waals surface area contributed by atoms with Crippen molar-refractivity contribution in [3.8, 4) is 0 Å². The monoisotopic (exact) mass is 432 g/mol. The zero-order valence-electron chi connectivity index (χ0n) is 16.7. The number of methoxy groups -OCH3 is 2. The van der Waals surface area contributed by atoms with Gasteiger partial charge in [-0.2, -0.15) is 0 Å². The summed E-state index contributed by atoms with van der Waals surface area (Å²) in [6, 6.07) is 17.2. The summed E-state index contributed by atoms with van der Waals surface area (Å²) in [7, 11) is 2.97. The van der Waals surface area contributed by atoms with E-state index in [1.165, 1.54) is 14.2 Å². The quantitative estimate of drug-likeness (QED) is 0.532. The van der Waals surface area contributed by atoms with Gasteiger partial charge in [0.25, 0.3) is 0 Å². The second kappa shape index (κ2) is 10.6. The van der Waals surface area contributed by atoms with E-state index < -0.39 is 41.8 Å². The number of hydrogen-bond acceptors (Lipinski definition) is 8. The molecule has 0 bridgehead atoms. The minimum Gasteiger partial charge on any atom is -0.459 e. The molecule has 0 unspecified atom stereocenters. The van der Waals surface area contributed by atoms with E-state index in [4.69, 9.17) is 23.7 Å². The number of esters is 2. The molecule has 7 nitrogen and oxygen atoms in total. The van der Waals surface area contributed by atoms with Crippen molar-refractivity contribution in [2.75, 3.05) is 20.8 Å². The van der Waals surface area contributed by atoms with Crippen LogP contribution < -0.4 is 0 Å². The van der Waals surface area contributed by atoms with Gasteiger partial charge < -0.3 is 23.7 Å². The number of ether oxygens (including phenoxy) is 5. The van der Waals surface area contributed by atoms with Crippen LogP contribution in [0.3, 0.4) is 0 Å². The fourth-order valence-electron chi connectivity index (χ4n) is 3.29. The summed E-state index contributed by atoms with van der Waals surface area (Å²) in [6.45, 7) is -0.0670. The number of hydrogen-bond donors (Lipinski definition) is 1. The van der Waals surface area contributed by atoms with Gasteiger partial charge in [-0.3, -0.25) is 0 Å². The largest absolute Gasteiger partial charge is 0.459 e. The Kier molecular flexibility index (Phi) is 7.87. The summed E-state index contributed by atoms with van der Waals surface area (Å²) >= 11 is 4.43. The van der Waals surface area contributed by atoms with E-state index in [2.05, 4.69) is 12.6 Å². The number of rotatable bonds is 7. The number of carbonyl (C=O) groups excluding carboxylic acids is 2. The average molecular weight is 432 g/mol. The van der Waals surface area contributed by atoms with Crippen molar-refractivity contribution in [1.82, 2.24) is 0 Å². The molecule has 30 heavy (non-hydrogen) atoms. The van der Waals surface area contributed by atoms with Crippen molar-refractivity contribution in [3.63, 3.8) is 0 Å². The molecule has 2 aromatic carbocycles. The van der Waals surface area contributed by atoms with Crippen molar-refractivity contribution in [2.45, 2.75) is 29.9 Å². The minimum absolute atomic E-state index is 0.0670. The van der Waals surface area contributed by atoms with Crippen LogP contribution in [0.25, 0.3) is 0 Å². The molecule has 5 atom stereocenters. The lowest BCUT2D eigenvalue weighted by Gasteiger charge is -2.43. The Morgan fingerprint density at radius 3 is 1.90 bits per heavy atom. The summed E-state index contributed by atoms with van der Waals surface area (Å²) in [5.74, 6) is -0.995. The summed E-state index contributed by atoms with van der Waals surface area (Å²) in [5.41, 5.74) is 0.0397. The predicted molar refractivity (Wildman–Crippen MR) is 112 cm³/mol. The van der Waals surface area contributed by atoms with E-state index in [9.17, 15) is 9.59 Å². The van der Waals surface area contributed by atoms with Crippen LogP contribution in [0.2, 0.25) is 0 Å². The van der Waals surface area contributed by atoms with Crippen molar-refractivity contribution >= 4 is 24.6 Å². The molecule has 8 heteroatoms. The molecule has 1 aliphatic heterocycles. The Bertz CT molecular complexity index is 830. The Morgan fingerprint density at radius 1 is 0.833 bits per heavy atom. The number of carbonyl (C=O) groups is 2. The van der Waals surface area contributed by atoms with E-state index in [1.807, 2.05) is 12.1 Å². The van der Waals surface area contributed by atoms with E-state index in [1.54, 1.807) is 48.5 Å². The van der Waals surface area contributed by atoms with Crippen molar-refractivity contribution in [1.29, 1.82) is 0 Å². The number of thiol groups is 1. The van der Waals surface area contributed by atoms with Gasteiger partial charge in [0.1, 0.15) is 30.4 Å². The first-order chi connectivity index (χ1) is 14.5. The smallest absolute Gasteiger partial charge is 0.338 e. The van der Waals surface area contributed by atoms with Gasteiger partial charge in [0.15, 0.2) is 6.10 Å². The average Bonchev–Trinajstić information content (AvgIpc) is 2.79. The Hall–Kier alpha value is -2.39. The highest BCUT2D eigenvalue weighted by atomic mass is 32.1. The van der Waals surface area contributed by atoms with E-state index >= 15 is 0 Å². The highest BCUT2D eigenvalue weighted by molar-refractivity contribution is 7.80. The lowest BCUT2D eigenvalue weighted by Crippen LogP contribution is -2.60. The lowest BCUT2D eigenvalue weighted by atomic mass is 9.99. The van der Waals surface area contributed by atoms with Crippen molar-refractivity contribution in [2.24, 2.45) is 0 Å². The molecule has 0 spiro atoms. The molecule has 3 rings (SSSR count). The molecule has 0 amide bonds. The Balaban J connectivity index is 1.67. The third-order valence-electron chi connectivity index (χ3n) is 4.79. The van der Waals surface area contributed by atoms with E-state index in [0.29, 0.717) is 11.1 Å². The van der Waals surface area contributed by atoms with Crippen LogP contribution in [-0.2, 0) is 23.7 Å². The maximum absolute atomic E-state index is 12.5. The molecule has 160 valence electrons. The Labute approximate surface area is 180 Å². The summed E-state index contributed by atoms with van der Waals surface area (Å²) in [4.78, 5) is 24.7. The van der Waals surface area contributed by atoms with Gasteiger partial charge in [-0.15, -0.1) is 12.6 Å². The SMILES string of the molecule is CO[C@@H]1[C@@H](OC(=O)c2ccccc2)[C@H](S)O[C@H](COC(=O)c2ccccc2)[C@@H]1OC. The first-order valence-electron chi connectivity index (χ1n) is 9.42. The number of benzene rings is 2. The molecule has 0 aliphatic carbocycles. The van der Waals surface area contributed by atoms with Gasteiger partial charge in [0.05, 0.1) is 11.1 Å². The summed E-state index contributed by atoms with van der Waals surface area (Å²) < 4.78 is 28.0. The zero-order valence-corrected chi connectivity index (χ0v) is 17.6. The molecular formula is C22H24O7S. The summed E-state index contributed by atoms with van der Waals surface area (Å²) in [5, 5.41) is 0. The van der Waals surface area contributed by atoms with Crippen LogP contribution in [-0.4, -0.2) is 62.6 Å². The third kappa shape index (κ3) is 5.20. The molecule has 0 radical (unpaired) electrons. The van der Waals surface area contributed by atoms with Crippen LogP contribution in [0, 0.1) is 0 Å². The maximum atomic E-state index is 12.5. The standard InChI is InChI=1S/C22H24O7S/c1-25-17-16(13-27-20(23)14-9-5-3-6-10-14)28-22(30)19(18(17)26-2)29-21(24)15-11-7-4-8-12-15/h3-12,16-19,22,30H,13H2,1-2H3/t16-,17+,18+,19-,22+/m1/s1. The molecule has 0 aromatic heterocycles. The molecular weight excluding hydrogens is 408 g/mol. The Morgan fingerprint density at radius 2 is 1.37 bits per heavy atom. The molecule has 1 fully saturated rings. The van der Waals surface area contributed by atoms with Crippen LogP contribution in [0.1, 0.15) is 20.7 Å². The van der Waals surface area contributed by atoms with E-state index in [0.717, 1.165) is 0 Å². The molecule has 0 N–H and O–H groups in total. The van der Waals surface area contributed by atoms with Crippen LogP contribution in [0.5, 0.6) is 0 Å². The molecule has 2 aromatic rings. The van der Waals surface area contributed by atoms with Crippen molar-refractivity contribution in [3.05, 3.63) is 71.8 Å². The highest BCUT2D eigenvalue weighted by Crippen LogP contribution is 2.30. The van der Waals surface area contributed by atoms with Gasteiger partial charge in [0.2, 0.25) is 0 Å². The van der Waals surface area contributed by atoms with Crippen LogP contribution >= 0.6 is 12.6 Å². The molecule has 1 aliphatic rings. The second-order valence-electron chi connectivity index (χ2n) is 6.67. The molecule has 0 saturated carbocycles. The lowest BCUT2D eigenvalue weighted by molar-refractivity contribution is -0.220. The van der Waals surface area contributed by atoms with Gasteiger partial charge >= 0.3 is 11.9 Å². The molecule has 1 saturated heterocycles. The van der Waals surface area contributed by atoms with Gasteiger partial charge in [-0.05, 0) is 24.3 Å². The van der Waals surface area contributed by atoms with E-state index in [-0.39, 0.29) is 6.61 Å². The normalized spacial score (nSPS) is 26.0. The van der Waals surface area contributed by atoms with Crippen molar-refractivity contribution < 1.29 is 33.3 Å². The van der Waals surface area contributed by atoms with Gasteiger partial charge in [-0.25, -0.2) is 9.59 Å². The fraction of sp³-hybridized carbons (Fsp3) is 0.364. The second-order valence-corrected chi connectivity index (χ2v) is 7.18. The maximum Gasteiger partial charge on any atom is 0.338 e. The van der Waals surface area contributed by atoms with Crippen LogP contribution in [0.4, 0.5) is 0 Å². The topological polar surface area (TPSA) is 80.3 Å². The first-order valence-corrected chi connectivity index (χ1v) is 9.94. The van der Waals surface area contributed by atoms with Crippen LogP contribution in [0.15, 0.2) is 60.7 Å².